The van der Waals surface area contributed by atoms with Crippen molar-refractivity contribution in [3.8, 4) is 6.07 Å². The molecule has 27 heavy (non-hydrogen) atoms. The van der Waals surface area contributed by atoms with Gasteiger partial charge in [0, 0.05) is 49.4 Å². The maximum absolute atomic E-state index is 12.8. The molecule has 2 fully saturated rings. The van der Waals surface area contributed by atoms with Crippen LogP contribution < -0.4 is 4.90 Å². The van der Waals surface area contributed by atoms with Crippen LogP contribution in [0.4, 0.5) is 5.82 Å². The van der Waals surface area contributed by atoms with Crippen LogP contribution in [0.5, 0.6) is 0 Å². The molecule has 7 heteroatoms. The van der Waals surface area contributed by atoms with Gasteiger partial charge < -0.3 is 9.80 Å². The summed E-state index contributed by atoms with van der Waals surface area (Å²) in [6.07, 6.45) is 1.70. The van der Waals surface area contributed by atoms with Crippen LogP contribution in [0, 0.1) is 11.3 Å². The Morgan fingerprint density at radius 2 is 1.78 bits per heavy atom. The summed E-state index contributed by atoms with van der Waals surface area (Å²) in [5.41, 5.74) is 2.62. The second kappa shape index (κ2) is 8.24. The molecule has 2 aromatic rings. The van der Waals surface area contributed by atoms with Crippen LogP contribution in [-0.2, 0) is 0 Å². The zero-order valence-electron chi connectivity index (χ0n) is 14.9. The average Bonchev–Trinajstić information content (AvgIpc) is 3.28. The first-order chi connectivity index (χ1) is 13.3. The van der Waals surface area contributed by atoms with E-state index in [4.69, 9.17) is 0 Å². The zero-order chi connectivity index (χ0) is 18.6. The van der Waals surface area contributed by atoms with Gasteiger partial charge in [-0.2, -0.15) is 5.26 Å². The molecule has 2 aliphatic heterocycles. The van der Waals surface area contributed by atoms with Crippen molar-refractivity contribution in [3.63, 3.8) is 0 Å². The number of hydrogen-bond acceptors (Lipinski definition) is 6. The fraction of sp³-hybridized carbons (Fsp3) is 0.350. The van der Waals surface area contributed by atoms with Gasteiger partial charge in [0.15, 0.2) is 0 Å². The number of rotatable bonds is 3. The topological polar surface area (TPSA) is 60.2 Å². The van der Waals surface area contributed by atoms with Crippen LogP contribution in [0.3, 0.4) is 0 Å². The molecule has 2 saturated heterocycles. The molecule has 4 rings (SSSR count). The van der Waals surface area contributed by atoms with Crippen LogP contribution >= 0.6 is 23.5 Å². The van der Waals surface area contributed by atoms with Crippen molar-refractivity contribution < 1.29 is 4.79 Å². The third-order valence-corrected chi connectivity index (χ3v) is 7.93. The Morgan fingerprint density at radius 1 is 1.07 bits per heavy atom. The summed E-state index contributed by atoms with van der Waals surface area (Å²) in [4.78, 5) is 21.1. The molecular weight excluding hydrogens is 376 g/mol. The second-order valence-corrected chi connectivity index (χ2v) is 9.19. The monoisotopic (exact) mass is 396 g/mol. The van der Waals surface area contributed by atoms with Gasteiger partial charge in [-0.3, -0.25) is 4.79 Å². The van der Waals surface area contributed by atoms with E-state index in [1.807, 2.05) is 40.6 Å². The second-order valence-electron chi connectivity index (χ2n) is 6.46. The Labute approximate surface area is 167 Å². The van der Waals surface area contributed by atoms with Crippen molar-refractivity contribution >= 4 is 35.2 Å². The quantitative estimate of drug-likeness (QED) is 0.793. The molecule has 0 bridgehead atoms. The first-order valence-electron chi connectivity index (χ1n) is 8.99. The fourth-order valence-electron chi connectivity index (χ4n) is 3.37. The molecule has 0 spiro atoms. The first-order valence-corrected chi connectivity index (χ1v) is 11.1. The van der Waals surface area contributed by atoms with Gasteiger partial charge in [0.2, 0.25) is 0 Å². The zero-order valence-corrected chi connectivity index (χ0v) is 16.5. The lowest BCUT2D eigenvalue weighted by Gasteiger charge is -2.35. The van der Waals surface area contributed by atoms with E-state index in [1.54, 1.807) is 18.3 Å². The fourth-order valence-corrected chi connectivity index (χ4v) is 6.23. The molecule has 5 nitrogen and oxygen atoms in total. The van der Waals surface area contributed by atoms with E-state index < -0.39 is 0 Å². The molecule has 2 aliphatic rings. The molecular formula is C20H20N4OS2. The van der Waals surface area contributed by atoms with Crippen LogP contribution in [-0.4, -0.2) is 53.5 Å². The van der Waals surface area contributed by atoms with Crippen molar-refractivity contribution in [1.29, 1.82) is 5.26 Å². The average molecular weight is 397 g/mol. The lowest BCUT2D eigenvalue weighted by Crippen LogP contribution is -2.49. The Bertz CT molecular complexity index is 851. The van der Waals surface area contributed by atoms with E-state index in [-0.39, 0.29) is 5.91 Å². The minimum atomic E-state index is 0.0782. The van der Waals surface area contributed by atoms with Gasteiger partial charge in [-0.05, 0) is 29.8 Å². The number of anilines is 1. The summed E-state index contributed by atoms with van der Waals surface area (Å²) in [5, 5.41) is 9.25. The molecule has 0 saturated carbocycles. The van der Waals surface area contributed by atoms with Crippen molar-refractivity contribution in [2.24, 2.45) is 0 Å². The Morgan fingerprint density at radius 3 is 2.44 bits per heavy atom. The van der Waals surface area contributed by atoms with E-state index in [9.17, 15) is 10.1 Å². The van der Waals surface area contributed by atoms with E-state index >= 15 is 0 Å². The number of carbonyl (C=O) groups excluding carboxylic acids is 1. The molecule has 1 aromatic carbocycles. The lowest BCUT2D eigenvalue weighted by atomic mass is 10.1. The third-order valence-electron chi connectivity index (χ3n) is 4.83. The summed E-state index contributed by atoms with van der Waals surface area (Å²) in [6.45, 7) is 2.64. The largest absolute Gasteiger partial charge is 0.352 e. The summed E-state index contributed by atoms with van der Waals surface area (Å²) in [7, 11) is 0. The smallest absolute Gasteiger partial charge is 0.253 e. The SMILES string of the molecule is N#Cc1cccnc1N1CCN(C(=O)c2ccc(C3SCCS3)cc2)CC1. The Balaban J connectivity index is 1.39. The van der Waals surface area contributed by atoms with E-state index in [0.29, 0.717) is 42.1 Å². The van der Waals surface area contributed by atoms with Crippen molar-refractivity contribution in [2.75, 3.05) is 42.6 Å². The summed E-state index contributed by atoms with van der Waals surface area (Å²) in [6, 6.07) is 13.8. The number of pyridine rings is 1. The van der Waals surface area contributed by atoms with Gasteiger partial charge in [0.05, 0.1) is 10.1 Å². The molecule has 1 aromatic heterocycles. The summed E-state index contributed by atoms with van der Waals surface area (Å²) >= 11 is 3.94. The number of thioether (sulfide) groups is 2. The molecule has 138 valence electrons. The number of aromatic nitrogens is 1. The molecule has 0 atom stereocenters. The molecule has 0 radical (unpaired) electrons. The van der Waals surface area contributed by atoms with Crippen molar-refractivity contribution in [3.05, 3.63) is 59.3 Å². The highest BCUT2D eigenvalue weighted by Gasteiger charge is 2.24. The Hall–Kier alpha value is -2.17. The maximum atomic E-state index is 12.8. The lowest BCUT2D eigenvalue weighted by molar-refractivity contribution is 0.0746. The number of benzene rings is 1. The summed E-state index contributed by atoms with van der Waals surface area (Å²) in [5.74, 6) is 3.19. The van der Waals surface area contributed by atoms with Gasteiger partial charge in [-0.25, -0.2) is 4.98 Å². The minimum Gasteiger partial charge on any atom is -0.352 e. The molecule has 3 heterocycles. The van der Waals surface area contributed by atoms with E-state index in [0.717, 1.165) is 5.56 Å². The maximum Gasteiger partial charge on any atom is 0.253 e. The standard InChI is InChI=1S/C20H20N4OS2/c21-14-17-2-1-7-22-18(17)23-8-10-24(11-9-23)19(25)15-3-5-16(6-4-15)20-26-12-13-27-20/h1-7,20H,8-13H2. The number of piperazine rings is 1. The predicted molar refractivity (Wildman–Crippen MR) is 111 cm³/mol. The third kappa shape index (κ3) is 3.92. The number of carbonyl (C=O) groups is 1. The number of nitriles is 1. The van der Waals surface area contributed by atoms with Gasteiger partial charge in [-0.15, -0.1) is 23.5 Å². The van der Waals surface area contributed by atoms with Crippen LogP contribution in [0.1, 0.15) is 26.1 Å². The van der Waals surface area contributed by atoms with Crippen molar-refractivity contribution in [2.45, 2.75) is 4.58 Å². The van der Waals surface area contributed by atoms with Gasteiger partial charge >= 0.3 is 0 Å². The van der Waals surface area contributed by atoms with Crippen molar-refractivity contribution in [1.82, 2.24) is 9.88 Å². The van der Waals surface area contributed by atoms with E-state index in [2.05, 4.69) is 28.1 Å². The number of hydrogen-bond donors (Lipinski definition) is 0. The van der Waals surface area contributed by atoms with E-state index in [1.165, 1.54) is 17.1 Å². The summed E-state index contributed by atoms with van der Waals surface area (Å²) < 4.78 is 0.505. The molecule has 0 N–H and O–H groups in total. The number of amides is 1. The van der Waals surface area contributed by atoms with Crippen LogP contribution in [0.15, 0.2) is 42.6 Å². The highest BCUT2D eigenvalue weighted by molar-refractivity contribution is 8.19. The predicted octanol–water partition coefficient (Wildman–Crippen LogP) is 3.39. The van der Waals surface area contributed by atoms with Crippen LogP contribution in [0.25, 0.3) is 0 Å². The highest BCUT2D eigenvalue weighted by Crippen LogP contribution is 2.45. The van der Waals surface area contributed by atoms with Gasteiger partial charge in [0.25, 0.3) is 5.91 Å². The van der Waals surface area contributed by atoms with Gasteiger partial charge in [0.1, 0.15) is 11.9 Å². The molecule has 0 aliphatic carbocycles. The van der Waals surface area contributed by atoms with Gasteiger partial charge in [-0.1, -0.05) is 12.1 Å². The molecule has 1 amide bonds. The molecule has 0 unspecified atom stereocenters. The van der Waals surface area contributed by atoms with Crippen LogP contribution in [0.2, 0.25) is 0 Å². The number of nitrogens with zero attached hydrogens (tertiary/aromatic N) is 4. The first kappa shape index (κ1) is 18.2. The highest BCUT2D eigenvalue weighted by atomic mass is 32.2. The minimum absolute atomic E-state index is 0.0782. The Kier molecular flexibility index (Phi) is 5.55. The normalized spacial score (nSPS) is 17.7.